The molecule has 0 saturated carbocycles. The van der Waals surface area contributed by atoms with Crippen LogP contribution in [0.1, 0.15) is 40.0 Å². The van der Waals surface area contributed by atoms with Gasteiger partial charge in [-0.15, -0.1) is 0 Å². The van der Waals surface area contributed by atoms with Crippen molar-refractivity contribution >= 4 is 14.7 Å². The van der Waals surface area contributed by atoms with Gasteiger partial charge in [-0.05, 0) is 0 Å². The molecule has 0 bridgehead atoms. The first-order valence-corrected chi connectivity index (χ1v) is 11.4. The zero-order chi connectivity index (χ0) is 14.3. The van der Waals surface area contributed by atoms with E-state index in [-0.39, 0.29) is 0 Å². The third-order valence-corrected chi connectivity index (χ3v) is 12.2. The fourth-order valence-corrected chi connectivity index (χ4v) is 11.4. The zero-order valence-electron chi connectivity index (χ0n) is 12.8. The van der Waals surface area contributed by atoms with Gasteiger partial charge in [0.25, 0.3) is 0 Å². The topological polar surface area (TPSA) is 44.8 Å². The van der Waals surface area contributed by atoms with Crippen LogP contribution in [0.5, 0.6) is 0 Å². The molecular formula is C12H30O4P2. The van der Waals surface area contributed by atoms with Gasteiger partial charge in [-0.3, -0.25) is 0 Å². The Balaban J connectivity index is 5.35. The summed E-state index contributed by atoms with van der Waals surface area (Å²) in [5, 5.41) is 0. The Labute approximate surface area is 112 Å². The van der Waals surface area contributed by atoms with Crippen molar-refractivity contribution in [2.75, 3.05) is 39.4 Å². The SMILES string of the molecule is CCCP(C)(CCC)(CCC)OP(=O)(OC)OC. The molecule has 0 fully saturated rings. The molecule has 0 N–H and O–H groups in total. The van der Waals surface area contributed by atoms with E-state index >= 15 is 0 Å². The van der Waals surface area contributed by atoms with Crippen LogP contribution in [0.3, 0.4) is 0 Å². The monoisotopic (exact) mass is 300 g/mol. The molecule has 0 aliphatic rings. The Morgan fingerprint density at radius 2 is 1.22 bits per heavy atom. The van der Waals surface area contributed by atoms with Crippen LogP contribution >= 0.6 is 14.7 Å². The summed E-state index contributed by atoms with van der Waals surface area (Å²) < 4.78 is 28.4. The van der Waals surface area contributed by atoms with Crippen LogP contribution in [0.4, 0.5) is 0 Å². The van der Waals surface area contributed by atoms with Crippen molar-refractivity contribution in [1.29, 1.82) is 0 Å². The quantitative estimate of drug-likeness (QED) is 0.547. The molecule has 0 rings (SSSR count). The van der Waals surface area contributed by atoms with Crippen molar-refractivity contribution in [2.24, 2.45) is 0 Å². The molecule has 18 heavy (non-hydrogen) atoms. The molecule has 0 amide bonds. The van der Waals surface area contributed by atoms with E-state index in [1.165, 1.54) is 14.2 Å². The van der Waals surface area contributed by atoms with Gasteiger partial charge in [0.05, 0.1) is 0 Å². The zero-order valence-corrected chi connectivity index (χ0v) is 14.6. The fraction of sp³-hybridized carbons (Fsp3) is 1.00. The fourth-order valence-electron chi connectivity index (χ4n) is 2.80. The number of hydrogen-bond acceptors (Lipinski definition) is 4. The van der Waals surface area contributed by atoms with E-state index in [4.69, 9.17) is 13.4 Å². The van der Waals surface area contributed by atoms with Crippen LogP contribution in [0, 0.1) is 0 Å². The van der Waals surface area contributed by atoms with E-state index < -0.39 is 14.7 Å². The molecule has 112 valence electrons. The van der Waals surface area contributed by atoms with Crippen molar-refractivity contribution < 1.29 is 17.9 Å². The molecule has 0 spiro atoms. The first kappa shape index (κ1) is 18.5. The van der Waals surface area contributed by atoms with Crippen LogP contribution in [0.25, 0.3) is 0 Å². The van der Waals surface area contributed by atoms with Gasteiger partial charge in [-0.25, -0.2) is 0 Å². The Morgan fingerprint density at radius 3 is 1.44 bits per heavy atom. The summed E-state index contributed by atoms with van der Waals surface area (Å²) in [5.41, 5.74) is 0. The van der Waals surface area contributed by atoms with Crippen LogP contribution in [0.15, 0.2) is 0 Å². The minimum atomic E-state index is -3.40. The summed E-state index contributed by atoms with van der Waals surface area (Å²) >= 11 is 0. The van der Waals surface area contributed by atoms with Gasteiger partial charge in [0.2, 0.25) is 0 Å². The second-order valence-corrected chi connectivity index (χ2v) is 13.3. The molecule has 0 heterocycles. The minimum absolute atomic E-state index is 0.976. The Kier molecular flexibility index (Phi) is 7.58. The van der Waals surface area contributed by atoms with E-state index in [0.717, 1.165) is 37.7 Å². The number of phosphoric acid groups is 1. The van der Waals surface area contributed by atoms with Gasteiger partial charge >= 0.3 is 112 Å². The summed E-state index contributed by atoms with van der Waals surface area (Å²) in [6, 6.07) is 0. The van der Waals surface area contributed by atoms with Crippen LogP contribution < -0.4 is 0 Å². The normalized spacial score (nSPS) is 15.3. The van der Waals surface area contributed by atoms with Gasteiger partial charge in [-0.2, -0.15) is 0 Å². The van der Waals surface area contributed by atoms with E-state index in [1.807, 2.05) is 0 Å². The van der Waals surface area contributed by atoms with Crippen molar-refractivity contribution in [3.8, 4) is 0 Å². The summed E-state index contributed by atoms with van der Waals surface area (Å²) in [5.74, 6) is 0. The van der Waals surface area contributed by atoms with E-state index in [9.17, 15) is 4.57 Å². The Hall–Kier alpha value is 0.540. The van der Waals surface area contributed by atoms with Crippen molar-refractivity contribution in [3.63, 3.8) is 0 Å². The number of hydrogen-bond donors (Lipinski definition) is 0. The van der Waals surface area contributed by atoms with Gasteiger partial charge < -0.3 is 0 Å². The summed E-state index contributed by atoms with van der Waals surface area (Å²) in [6.45, 7) is 6.15. The maximum absolute atomic E-state index is 12.4. The van der Waals surface area contributed by atoms with Crippen molar-refractivity contribution in [3.05, 3.63) is 0 Å². The molecule has 6 heteroatoms. The van der Waals surface area contributed by atoms with Crippen molar-refractivity contribution in [2.45, 2.75) is 40.0 Å². The molecular weight excluding hydrogens is 270 g/mol. The standard InChI is InChI=1S/C12H30O4P2/c1-7-10-18(6,11-8-2,12-9-3)16-17(13,14-4)15-5/h7-12H2,1-6H3. The van der Waals surface area contributed by atoms with E-state index in [2.05, 4.69) is 27.4 Å². The summed E-state index contributed by atoms with van der Waals surface area (Å²) in [4.78, 5) is 0. The molecule has 0 aromatic heterocycles. The van der Waals surface area contributed by atoms with Gasteiger partial charge in [0.1, 0.15) is 0 Å². The number of phosphoric ester groups is 1. The van der Waals surface area contributed by atoms with Crippen molar-refractivity contribution in [1.82, 2.24) is 0 Å². The molecule has 0 unspecified atom stereocenters. The summed E-state index contributed by atoms with van der Waals surface area (Å²) in [7, 11) is -0.631. The Bertz CT molecular complexity index is 266. The average molecular weight is 300 g/mol. The summed E-state index contributed by atoms with van der Waals surface area (Å²) in [6.07, 6.45) is 6.02. The predicted molar refractivity (Wildman–Crippen MR) is 81.0 cm³/mol. The molecule has 0 radical (unpaired) electrons. The maximum atomic E-state index is 12.4. The molecule has 4 nitrogen and oxygen atoms in total. The first-order valence-electron chi connectivity index (χ1n) is 6.75. The van der Waals surface area contributed by atoms with Crippen LogP contribution in [-0.2, 0) is 17.9 Å². The van der Waals surface area contributed by atoms with Crippen LogP contribution in [0.2, 0.25) is 0 Å². The number of rotatable bonds is 10. The Morgan fingerprint density at radius 1 is 0.889 bits per heavy atom. The molecule has 0 aliphatic heterocycles. The second-order valence-electron chi connectivity index (χ2n) is 5.25. The molecule has 0 aromatic carbocycles. The second kappa shape index (κ2) is 7.36. The third kappa shape index (κ3) is 4.90. The van der Waals surface area contributed by atoms with Gasteiger partial charge in [0, 0.05) is 0 Å². The molecule has 0 aromatic rings. The average Bonchev–Trinajstić information content (AvgIpc) is 2.29. The third-order valence-electron chi connectivity index (χ3n) is 3.37. The van der Waals surface area contributed by atoms with E-state index in [1.54, 1.807) is 0 Å². The van der Waals surface area contributed by atoms with Crippen LogP contribution in [-0.4, -0.2) is 39.4 Å². The predicted octanol–water partition coefficient (Wildman–Crippen LogP) is 4.73. The first-order chi connectivity index (χ1) is 8.31. The molecule has 0 atom stereocenters. The molecule has 0 aliphatic carbocycles. The van der Waals surface area contributed by atoms with Gasteiger partial charge in [0.15, 0.2) is 0 Å². The van der Waals surface area contributed by atoms with Gasteiger partial charge in [-0.1, -0.05) is 0 Å². The van der Waals surface area contributed by atoms with E-state index in [0.29, 0.717) is 0 Å². The molecule has 0 saturated heterocycles.